The van der Waals surface area contributed by atoms with E-state index in [0.29, 0.717) is 0 Å². The summed E-state index contributed by atoms with van der Waals surface area (Å²) in [5.41, 5.74) is 2.30. The van der Waals surface area contributed by atoms with Gasteiger partial charge in [-0.15, -0.1) is 6.58 Å². The highest BCUT2D eigenvalue weighted by atomic mass is 16.5. The molecule has 0 bridgehead atoms. The number of aryl methyl sites for hydroxylation is 2. The molecule has 0 unspecified atom stereocenters. The van der Waals surface area contributed by atoms with Gasteiger partial charge < -0.3 is 9.64 Å². The lowest BCUT2D eigenvalue weighted by Crippen LogP contribution is -2.38. The maximum absolute atomic E-state index is 12.3. The molecule has 1 amide bonds. The van der Waals surface area contributed by atoms with E-state index >= 15 is 0 Å². The molecule has 22 heavy (non-hydrogen) atoms. The molecule has 0 N–H and O–H groups in total. The average Bonchev–Trinajstić information content (AvgIpc) is 2.70. The molecule has 0 aliphatic carbocycles. The second-order valence-corrected chi connectivity index (χ2v) is 5.94. The fourth-order valence-electron chi connectivity index (χ4n) is 2.84. The van der Waals surface area contributed by atoms with Crippen molar-refractivity contribution in [2.75, 3.05) is 39.3 Å². The minimum atomic E-state index is 0.0691. The van der Waals surface area contributed by atoms with Gasteiger partial charge in [-0.1, -0.05) is 12.1 Å². The molecule has 4 heteroatoms. The molecule has 120 valence electrons. The van der Waals surface area contributed by atoms with Gasteiger partial charge in [0.05, 0.1) is 0 Å². The highest BCUT2D eigenvalue weighted by Gasteiger charge is 2.18. The van der Waals surface area contributed by atoms with Crippen molar-refractivity contribution in [3.63, 3.8) is 0 Å². The van der Waals surface area contributed by atoms with Gasteiger partial charge in [0.2, 0.25) is 0 Å². The average molecular weight is 302 g/mol. The number of hydrogen-bond donors (Lipinski definition) is 0. The summed E-state index contributed by atoms with van der Waals surface area (Å²) in [4.78, 5) is 16.6. The van der Waals surface area contributed by atoms with Crippen LogP contribution in [0.25, 0.3) is 0 Å². The second kappa shape index (κ2) is 7.99. The summed E-state index contributed by atoms with van der Waals surface area (Å²) in [5, 5.41) is 0. The number of rotatable bonds is 5. The zero-order valence-electron chi connectivity index (χ0n) is 13.7. The Kier molecular flexibility index (Phi) is 6.01. The Morgan fingerprint density at radius 1 is 1.18 bits per heavy atom. The predicted octanol–water partition coefficient (Wildman–Crippen LogP) is 2.40. The molecule has 0 radical (unpaired) electrons. The lowest BCUT2D eigenvalue weighted by Gasteiger charge is -2.21. The van der Waals surface area contributed by atoms with Crippen molar-refractivity contribution in [2.24, 2.45) is 0 Å². The molecular formula is C18H26N2O2. The van der Waals surface area contributed by atoms with Crippen molar-refractivity contribution in [1.82, 2.24) is 9.80 Å². The molecule has 1 heterocycles. The topological polar surface area (TPSA) is 32.8 Å². The van der Waals surface area contributed by atoms with Crippen LogP contribution in [0, 0.1) is 13.8 Å². The first-order chi connectivity index (χ1) is 10.6. The van der Waals surface area contributed by atoms with Crippen LogP contribution in [0.1, 0.15) is 17.5 Å². The normalized spacial score (nSPS) is 16.2. The molecule has 0 spiro atoms. The van der Waals surface area contributed by atoms with E-state index in [9.17, 15) is 4.79 Å². The summed E-state index contributed by atoms with van der Waals surface area (Å²) in [7, 11) is 0. The van der Waals surface area contributed by atoms with E-state index in [1.165, 1.54) is 0 Å². The third-order valence-electron chi connectivity index (χ3n) is 3.89. The Morgan fingerprint density at radius 2 is 1.91 bits per heavy atom. The minimum Gasteiger partial charge on any atom is -0.484 e. The molecule has 1 fully saturated rings. The fraction of sp³-hybridized carbons (Fsp3) is 0.500. The van der Waals surface area contributed by atoms with Gasteiger partial charge >= 0.3 is 0 Å². The summed E-state index contributed by atoms with van der Waals surface area (Å²) in [6.07, 6.45) is 2.92. The van der Waals surface area contributed by atoms with Gasteiger partial charge in [-0.3, -0.25) is 9.69 Å². The largest absolute Gasteiger partial charge is 0.484 e. The van der Waals surface area contributed by atoms with Crippen LogP contribution >= 0.6 is 0 Å². The Labute approximate surface area is 133 Å². The van der Waals surface area contributed by atoms with E-state index < -0.39 is 0 Å². The third-order valence-corrected chi connectivity index (χ3v) is 3.89. The summed E-state index contributed by atoms with van der Waals surface area (Å²) in [6.45, 7) is 12.3. The van der Waals surface area contributed by atoms with E-state index in [4.69, 9.17) is 4.74 Å². The van der Waals surface area contributed by atoms with E-state index in [-0.39, 0.29) is 12.5 Å². The van der Waals surface area contributed by atoms with Crippen molar-refractivity contribution in [3.05, 3.63) is 42.0 Å². The first kappa shape index (κ1) is 16.6. The summed E-state index contributed by atoms with van der Waals surface area (Å²) >= 11 is 0. The quantitative estimate of drug-likeness (QED) is 0.783. The molecule has 1 saturated heterocycles. The Hall–Kier alpha value is -1.81. The van der Waals surface area contributed by atoms with Crippen molar-refractivity contribution in [1.29, 1.82) is 0 Å². The second-order valence-electron chi connectivity index (χ2n) is 5.94. The van der Waals surface area contributed by atoms with Crippen LogP contribution < -0.4 is 4.74 Å². The molecule has 0 aromatic heterocycles. The molecule has 1 aliphatic heterocycles. The molecule has 2 rings (SSSR count). The highest BCUT2D eigenvalue weighted by Crippen LogP contribution is 2.16. The molecule has 0 atom stereocenters. The number of ether oxygens (including phenoxy) is 1. The highest BCUT2D eigenvalue weighted by molar-refractivity contribution is 5.77. The maximum atomic E-state index is 12.3. The summed E-state index contributed by atoms with van der Waals surface area (Å²) in [6, 6.07) is 6.03. The van der Waals surface area contributed by atoms with Crippen LogP contribution in [-0.4, -0.2) is 55.0 Å². The van der Waals surface area contributed by atoms with Crippen molar-refractivity contribution < 1.29 is 9.53 Å². The maximum Gasteiger partial charge on any atom is 0.260 e. The zero-order chi connectivity index (χ0) is 15.9. The molecule has 1 aromatic carbocycles. The van der Waals surface area contributed by atoms with Crippen molar-refractivity contribution >= 4 is 5.91 Å². The first-order valence-electron chi connectivity index (χ1n) is 7.90. The van der Waals surface area contributed by atoms with Gasteiger partial charge in [-0.2, -0.15) is 0 Å². The van der Waals surface area contributed by atoms with E-state index in [1.54, 1.807) is 0 Å². The van der Waals surface area contributed by atoms with Crippen LogP contribution in [0.4, 0.5) is 0 Å². The Balaban J connectivity index is 1.85. The van der Waals surface area contributed by atoms with Crippen LogP contribution in [0.3, 0.4) is 0 Å². The van der Waals surface area contributed by atoms with Crippen molar-refractivity contribution in [2.45, 2.75) is 20.3 Å². The summed E-state index contributed by atoms with van der Waals surface area (Å²) < 4.78 is 5.68. The fourth-order valence-corrected chi connectivity index (χ4v) is 2.84. The van der Waals surface area contributed by atoms with E-state index in [1.807, 2.05) is 37.0 Å². The van der Waals surface area contributed by atoms with Crippen LogP contribution in [0.2, 0.25) is 0 Å². The number of nitrogens with zero attached hydrogens (tertiary/aromatic N) is 2. The first-order valence-corrected chi connectivity index (χ1v) is 7.90. The molecular weight excluding hydrogens is 276 g/mol. The van der Waals surface area contributed by atoms with Crippen LogP contribution in [0.5, 0.6) is 5.75 Å². The Morgan fingerprint density at radius 3 is 2.59 bits per heavy atom. The number of carbonyl (C=O) groups excluding carboxylic acids is 1. The molecule has 0 saturated carbocycles. The van der Waals surface area contributed by atoms with E-state index in [0.717, 1.165) is 56.0 Å². The molecule has 4 nitrogen and oxygen atoms in total. The van der Waals surface area contributed by atoms with Crippen molar-refractivity contribution in [3.8, 4) is 5.75 Å². The van der Waals surface area contributed by atoms with Gasteiger partial charge in [0.25, 0.3) is 5.91 Å². The van der Waals surface area contributed by atoms with E-state index in [2.05, 4.69) is 17.5 Å². The zero-order valence-corrected chi connectivity index (χ0v) is 13.7. The predicted molar refractivity (Wildman–Crippen MR) is 89.2 cm³/mol. The lowest BCUT2D eigenvalue weighted by atomic mass is 10.1. The third kappa shape index (κ3) is 4.88. The van der Waals surface area contributed by atoms with Crippen LogP contribution in [0.15, 0.2) is 30.9 Å². The van der Waals surface area contributed by atoms with Gasteiger partial charge in [0.15, 0.2) is 6.61 Å². The number of carbonyl (C=O) groups is 1. The monoisotopic (exact) mass is 302 g/mol. The standard InChI is InChI=1S/C18H26N2O2/c1-4-6-19-7-5-8-20(10-9-19)18(21)14-22-17-12-15(2)11-16(3)13-17/h4,11-13H,1,5-10,14H2,2-3H3. The van der Waals surface area contributed by atoms with Gasteiger partial charge in [-0.05, 0) is 43.5 Å². The summed E-state index contributed by atoms with van der Waals surface area (Å²) in [5.74, 6) is 0.841. The number of benzene rings is 1. The smallest absolute Gasteiger partial charge is 0.260 e. The molecule has 1 aromatic rings. The van der Waals surface area contributed by atoms with Crippen LogP contribution in [-0.2, 0) is 4.79 Å². The SMILES string of the molecule is C=CCN1CCCN(C(=O)COc2cc(C)cc(C)c2)CC1. The Bertz CT molecular complexity index is 508. The number of hydrogen-bond acceptors (Lipinski definition) is 3. The van der Waals surface area contributed by atoms with Gasteiger partial charge in [-0.25, -0.2) is 0 Å². The van der Waals surface area contributed by atoms with Gasteiger partial charge in [0, 0.05) is 32.7 Å². The lowest BCUT2D eigenvalue weighted by molar-refractivity contribution is -0.133. The van der Waals surface area contributed by atoms with Gasteiger partial charge in [0.1, 0.15) is 5.75 Å². The number of amides is 1. The minimum absolute atomic E-state index is 0.0691. The molecule has 1 aliphatic rings.